The Balaban J connectivity index is 1.86. The van der Waals surface area contributed by atoms with Crippen LogP contribution in [0.5, 0.6) is 0 Å². The molecule has 3 heterocycles. The second kappa shape index (κ2) is 8.16. The maximum Gasteiger partial charge on any atom is 0.225 e. The third-order valence-electron chi connectivity index (χ3n) is 3.53. The highest BCUT2D eigenvalue weighted by atomic mass is 16.3. The Morgan fingerprint density at radius 2 is 1.88 bits per heavy atom. The van der Waals surface area contributed by atoms with Crippen LogP contribution in [0, 0.1) is 0 Å². The molecule has 0 aliphatic rings. The zero-order valence-corrected chi connectivity index (χ0v) is 13.9. The second-order valence-electron chi connectivity index (χ2n) is 5.65. The van der Waals surface area contributed by atoms with Crippen LogP contribution in [0.4, 0.5) is 11.8 Å². The molecule has 25 heavy (non-hydrogen) atoms. The smallest absolute Gasteiger partial charge is 0.225 e. The molecule has 3 aromatic heterocycles. The van der Waals surface area contributed by atoms with E-state index in [9.17, 15) is 5.11 Å². The molecule has 0 amide bonds. The van der Waals surface area contributed by atoms with E-state index < -0.39 is 0 Å². The molecule has 0 fully saturated rings. The first kappa shape index (κ1) is 16.8. The van der Waals surface area contributed by atoms with Crippen molar-refractivity contribution in [2.75, 3.05) is 17.2 Å². The van der Waals surface area contributed by atoms with Crippen molar-refractivity contribution in [3.05, 3.63) is 60.7 Å². The normalized spacial score (nSPS) is 11.8. The van der Waals surface area contributed by atoms with Gasteiger partial charge < -0.3 is 15.7 Å². The maximum atomic E-state index is 9.25. The largest absolute Gasteiger partial charge is 0.394 e. The Hall–Kier alpha value is -3.06. The Bertz CT molecular complexity index is 797. The maximum absolute atomic E-state index is 9.25. The van der Waals surface area contributed by atoms with Crippen molar-refractivity contribution < 1.29 is 5.11 Å². The lowest BCUT2D eigenvalue weighted by atomic mass is 10.2. The van der Waals surface area contributed by atoms with E-state index in [1.807, 2.05) is 43.5 Å². The molecule has 0 spiro atoms. The van der Waals surface area contributed by atoms with Crippen molar-refractivity contribution >= 4 is 11.8 Å². The number of anilines is 2. The molecule has 0 bridgehead atoms. The third-order valence-corrected chi connectivity index (χ3v) is 3.53. The monoisotopic (exact) mass is 336 g/mol. The fourth-order valence-corrected chi connectivity index (χ4v) is 2.23. The van der Waals surface area contributed by atoms with Gasteiger partial charge in [0.1, 0.15) is 5.82 Å². The highest BCUT2D eigenvalue weighted by Crippen LogP contribution is 2.21. The first-order valence-electron chi connectivity index (χ1n) is 8.04. The third kappa shape index (κ3) is 4.71. The van der Waals surface area contributed by atoms with Crippen LogP contribution < -0.4 is 10.6 Å². The number of aliphatic hydroxyl groups excluding tert-OH is 1. The van der Waals surface area contributed by atoms with Crippen molar-refractivity contribution in [3.63, 3.8) is 0 Å². The molecule has 128 valence electrons. The molecule has 7 heteroatoms. The number of pyridine rings is 2. The lowest BCUT2D eigenvalue weighted by Crippen LogP contribution is -2.21. The molecule has 7 nitrogen and oxygen atoms in total. The molecular formula is C18H20N6O. The minimum absolute atomic E-state index is 0.00106. The van der Waals surface area contributed by atoms with E-state index in [-0.39, 0.29) is 12.6 Å². The van der Waals surface area contributed by atoms with Crippen LogP contribution in [0.25, 0.3) is 11.3 Å². The molecule has 0 aliphatic carbocycles. The minimum atomic E-state index is -0.143. The molecule has 1 atom stereocenters. The fraction of sp³-hybridized carbons (Fsp3) is 0.222. The van der Waals surface area contributed by atoms with E-state index in [4.69, 9.17) is 0 Å². The molecule has 0 saturated carbocycles. The summed E-state index contributed by atoms with van der Waals surface area (Å²) >= 11 is 0. The predicted octanol–water partition coefficient (Wildman–Crippen LogP) is 2.34. The summed E-state index contributed by atoms with van der Waals surface area (Å²) in [6.45, 7) is 2.47. The number of rotatable bonds is 7. The SMILES string of the molecule is C[C@@H](CO)Nc1nc(NCc2cccnc2)cc(-c2cccnc2)n1. The summed E-state index contributed by atoms with van der Waals surface area (Å²) in [4.78, 5) is 17.2. The molecule has 0 aromatic carbocycles. The van der Waals surface area contributed by atoms with Gasteiger partial charge in [0.05, 0.1) is 12.3 Å². The van der Waals surface area contributed by atoms with E-state index in [2.05, 4.69) is 30.6 Å². The van der Waals surface area contributed by atoms with E-state index in [0.717, 1.165) is 16.8 Å². The Labute approximate surface area is 146 Å². The lowest BCUT2D eigenvalue weighted by Gasteiger charge is -2.14. The van der Waals surface area contributed by atoms with Crippen LogP contribution in [0.15, 0.2) is 55.1 Å². The molecule has 0 saturated heterocycles. The summed E-state index contributed by atoms with van der Waals surface area (Å²) in [5.74, 6) is 1.14. The molecule has 0 unspecified atom stereocenters. The van der Waals surface area contributed by atoms with Gasteiger partial charge in [0.2, 0.25) is 5.95 Å². The molecule has 3 N–H and O–H groups in total. The summed E-state index contributed by atoms with van der Waals surface area (Å²) in [6, 6.07) is 9.44. The zero-order valence-electron chi connectivity index (χ0n) is 13.9. The quantitative estimate of drug-likeness (QED) is 0.609. The molecule has 3 rings (SSSR count). The molecular weight excluding hydrogens is 316 g/mol. The van der Waals surface area contributed by atoms with Gasteiger partial charge in [0, 0.05) is 49.0 Å². The Morgan fingerprint density at radius 3 is 2.56 bits per heavy atom. The van der Waals surface area contributed by atoms with Gasteiger partial charge >= 0.3 is 0 Å². The van der Waals surface area contributed by atoms with E-state index in [1.165, 1.54) is 0 Å². The highest BCUT2D eigenvalue weighted by molar-refractivity contribution is 5.63. The summed E-state index contributed by atoms with van der Waals surface area (Å²) in [5.41, 5.74) is 2.71. The van der Waals surface area contributed by atoms with Crippen molar-refractivity contribution in [1.29, 1.82) is 0 Å². The summed E-state index contributed by atoms with van der Waals surface area (Å²) in [7, 11) is 0. The Kier molecular flexibility index (Phi) is 5.48. The Morgan fingerprint density at radius 1 is 1.08 bits per heavy atom. The van der Waals surface area contributed by atoms with Crippen LogP contribution in [-0.4, -0.2) is 37.7 Å². The van der Waals surface area contributed by atoms with Gasteiger partial charge in [-0.1, -0.05) is 6.07 Å². The lowest BCUT2D eigenvalue weighted by molar-refractivity contribution is 0.281. The number of aromatic nitrogens is 4. The average Bonchev–Trinajstić information content (AvgIpc) is 2.67. The van der Waals surface area contributed by atoms with Crippen molar-refractivity contribution in [2.24, 2.45) is 0 Å². The molecule has 3 aromatic rings. The standard InChI is InChI=1S/C18H20N6O/c1-13(12-25)22-18-23-16(15-5-3-7-20-11-15)8-17(24-18)21-10-14-4-2-6-19-9-14/h2-9,11,13,25H,10,12H2,1H3,(H2,21,22,23,24)/t13-/m0/s1. The van der Waals surface area contributed by atoms with Gasteiger partial charge in [-0.05, 0) is 30.7 Å². The topological polar surface area (TPSA) is 95.8 Å². The summed E-state index contributed by atoms with van der Waals surface area (Å²) in [6.07, 6.45) is 7.03. The van der Waals surface area contributed by atoms with Gasteiger partial charge in [0.25, 0.3) is 0 Å². The van der Waals surface area contributed by atoms with Crippen LogP contribution in [0.3, 0.4) is 0 Å². The predicted molar refractivity (Wildman–Crippen MR) is 97.0 cm³/mol. The van der Waals surface area contributed by atoms with Gasteiger partial charge in [-0.25, -0.2) is 4.98 Å². The molecule has 0 aliphatic heterocycles. The number of nitrogens with one attached hydrogen (secondary N) is 2. The average molecular weight is 336 g/mol. The van der Waals surface area contributed by atoms with Crippen molar-refractivity contribution in [2.45, 2.75) is 19.5 Å². The van der Waals surface area contributed by atoms with Gasteiger partial charge in [-0.3, -0.25) is 9.97 Å². The van der Waals surface area contributed by atoms with E-state index in [0.29, 0.717) is 18.3 Å². The summed E-state index contributed by atoms with van der Waals surface area (Å²) in [5, 5.41) is 15.6. The highest BCUT2D eigenvalue weighted by Gasteiger charge is 2.09. The van der Waals surface area contributed by atoms with Gasteiger partial charge in [0.15, 0.2) is 0 Å². The number of hydrogen-bond donors (Lipinski definition) is 3. The minimum Gasteiger partial charge on any atom is -0.394 e. The number of hydrogen-bond acceptors (Lipinski definition) is 7. The van der Waals surface area contributed by atoms with Crippen molar-refractivity contribution in [1.82, 2.24) is 19.9 Å². The van der Waals surface area contributed by atoms with E-state index >= 15 is 0 Å². The zero-order chi connectivity index (χ0) is 17.5. The van der Waals surface area contributed by atoms with Crippen LogP contribution in [0.1, 0.15) is 12.5 Å². The second-order valence-corrected chi connectivity index (χ2v) is 5.65. The van der Waals surface area contributed by atoms with Crippen LogP contribution >= 0.6 is 0 Å². The number of nitrogens with zero attached hydrogens (tertiary/aromatic N) is 4. The van der Waals surface area contributed by atoms with Crippen molar-refractivity contribution in [3.8, 4) is 11.3 Å². The summed E-state index contributed by atoms with van der Waals surface area (Å²) < 4.78 is 0. The fourth-order valence-electron chi connectivity index (χ4n) is 2.23. The number of aliphatic hydroxyl groups is 1. The van der Waals surface area contributed by atoms with Crippen LogP contribution in [0.2, 0.25) is 0 Å². The van der Waals surface area contributed by atoms with E-state index in [1.54, 1.807) is 18.6 Å². The first-order valence-corrected chi connectivity index (χ1v) is 8.04. The van der Waals surface area contributed by atoms with Crippen LogP contribution in [-0.2, 0) is 6.54 Å². The van der Waals surface area contributed by atoms with Gasteiger partial charge in [-0.2, -0.15) is 4.98 Å². The van der Waals surface area contributed by atoms with Gasteiger partial charge in [-0.15, -0.1) is 0 Å². The first-order chi connectivity index (χ1) is 12.2. The molecule has 0 radical (unpaired) electrons.